The number of anilines is 1. The number of pyridine rings is 1. The van der Waals surface area contributed by atoms with Crippen molar-refractivity contribution in [1.82, 2.24) is 19.9 Å². The Kier molecular flexibility index (Phi) is 6.13. The first-order valence-electron chi connectivity index (χ1n) is 12.4. The number of hydrogen-bond acceptors (Lipinski definition) is 6. The number of imidazole rings is 1. The fourth-order valence-electron chi connectivity index (χ4n) is 5.36. The average molecular weight is 480 g/mol. The van der Waals surface area contributed by atoms with Gasteiger partial charge in [0.2, 0.25) is 5.95 Å². The zero-order valence-corrected chi connectivity index (χ0v) is 19.7. The minimum absolute atomic E-state index is 0.237. The highest BCUT2D eigenvalue weighted by molar-refractivity contribution is 6.23. The van der Waals surface area contributed by atoms with Crippen LogP contribution >= 0.6 is 0 Å². The Morgan fingerprint density at radius 1 is 1.09 bits per heavy atom. The van der Waals surface area contributed by atoms with E-state index in [1.165, 1.54) is 12.1 Å². The molecule has 0 amide bonds. The second kappa shape index (κ2) is 9.56. The molecule has 9 heteroatoms. The number of halogens is 1. The summed E-state index contributed by atoms with van der Waals surface area (Å²) in [5.41, 5.74) is 1.34. The SMILES string of the molecule is O=c1[nH]ccc2c3nc(N4CCC(COCCN5CCOCC5)CC4)[nH]c3c3ccc(F)cc3c12. The first-order valence-corrected chi connectivity index (χ1v) is 12.4. The number of aromatic amines is 2. The van der Waals surface area contributed by atoms with Gasteiger partial charge < -0.3 is 24.3 Å². The van der Waals surface area contributed by atoms with E-state index in [4.69, 9.17) is 14.5 Å². The van der Waals surface area contributed by atoms with Gasteiger partial charge in [0.25, 0.3) is 5.56 Å². The molecule has 2 saturated heterocycles. The van der Waals surface area contributed by atoms with E-state index in [-0.39, 0.29) is 11.4 Å². The number of nitrogens with zero attached hydrogens (tertiary/aromatic N) is 3. The number of nitrogens with one attached hydrogen (secondary N) is 2. The third-order valence-electron chi connectivity index (χ3n) is 7.35. The van der Waals surface area contributed by atoms with Crippen molar-refractivity contribution in [2.24, 2.45) is 5.92 Å². The Bertz CT molecular complexity index is 1400. The molecule has 184 valence electrons. The van der Waals surface area contributed by atoms with E-state index in [9.17, 15) is 9.18 Å². The summed E-state index contributed by atoms with van der Waals surface area (Å²) in [5, 5.41) is 2.60. The topological polar surface area (TPSA) is 86.5 Å². The van der Waals surface area contributed by atoms with Crippen LogP contribution in [0.4, 0.5) is 10.3 Å². The Morgan fingerprint density at radius 3 is 2.74 bits per heavy atom. The molecule has 0 aliphatic carbocycles. The molecule has 2 aliphatic rings. The Labute approximate surface area is 202 Å². The molecule has 2 N–H and O–H groups in total. The molecule has 4 heterocycles. The van der Waals surface area contributed by atoms with Crippen molar-refractivity contribution >= 4 is 38.5 Å². The van der Waals surface area contributed by atoms with Gasteiger partial charge in [-0.2, -0.15) is 0 Å². The number of benzene rings is 2. The maximum absolute atomic E-state index is 14.1. The molecule has 8 nitrogen and oxygen atoms in total. The van der Waals surface area contributed by atoms with Crippen molar-refractivity contribution in [2.45, 2.75) is 12.8 Å². The number of ether oxygens (including phenoxy) is 2. The van der Waals surface area contributed by atoms with Crippen LogP contribution < -0.4 is 10.5 Å². The predicted molar refractivity (Wildman–Crippen MR) is 135 cm³/mol. The highest BCUT2D eigenvalue weighted by Gasteiger charge is 2.23. The molecule has 6 rings (SSSR count). The molecule has 0 unspecified atom stereocenters. The molecular weight excluding hydrogens is 449 g/mol. The average Bonchev–Trinajstić information content (AvgIpc) is 3.33. The number of piperidine rings is 1. The van der Waals surface area contributed by atoms with Crippen molar-refractivity contribution in [3.05, 3.63) is 46.6 Å². The molecule has 4 aromatic rings. The lowest BCUT2D eigenvalue weighted by Gasteiger charge is -2.32. The second-order valence-corrected chi connectivity index (χ2v) is 9.53. The number of H-pyrrole nitrogens is 2. The van der Waals surface area contributed by atoms with E-state index in [1.807, 2.05) is 6.07 Å². The van der Waals surface area contributed by atoms with E-state index in [2.05, 4.69) is 19.8 Å². The van der Waals surface area contributed by atoms with Crippen molar-refractivity contribution in [2.75, 3.05) is 64.1 Å². The van der Waals surface area contributed by atoms with Crippen molar-refractivity contribution in [3.8, 4) is 0 Å². The molecule has 0 bridgehead atoms. The summed E-state index contributed by atoms with van der Waals surface area (Å²) < 4.78 is 25.5. The lowest BCUT2D eigenvalue weighted by atomic mass is 9.98. The molecule has 2 fully saturated rings. The highest BCUT2D eigenvalue weighted by Crippen LogP contribution is 2.34. The Balaban J connectivity index is 1.17. The Hall–Kier alpha value is -3.01. The van der Waals surface area contributed by atoms with E-state index >= 15 is 0 Å². The molecule has 0 spiro atoms. The van der Waals surface area contributed by atoms with Gasteiger partial charge in [0.1, 0.15) is 5.82 Å². The van der Waals surface area contributed by atoms with Gasteiger partial charge in [-0.15, -0.1) is 0 Å². The molecule has 35 heavy (non-hydrogen) atoms. The van der Waals surface area contributed by atoms with Gasteiger partial charge in [0, 0.05) is 61.7 Å². The van der Waals surface area contributed by atoms with Crippen molar-refractivity contribution < 1.29 is 13.9 Å². The van der Waals surface area contributed by atoms with E-state index in [0.29, 0.717) is 16.7 Å². The fourth-order valence-corrected chi connectivity index (χ4v) is 5.36. The summed E-state index contributed by atoms with van der Waals surface area (Å²) in [6, 6.07) is 6.42. The largest absolute Gasteiger partial charge is 0.380 e. The van der Waals surface area contributed by atoms with Crippen LogP contribution in [-0.2, 0) is 9.47 Å². The fraction of sp³-hybridized carbons (Fsp3) is 0.462. The van der Waals surface area contributed by atoms with Crippen LogP contribution in [0, 0.1) is 11.7 Å². The lowest BCUT2D eigenvalue weighted by molar-refractivity contribution is 0.0144. The second-order valence-electron chi connectivity index (χ2n) is 9.53. The Morgan fingerprint density at radius 2 is 1.91 bits per heavy atom. The maximum atomic E-state index is 14.1. The molecule has 0 atom stereocenters. The lowest BCUT2D eigenvalue weighted by Crippen LogP contribution is -2.39. The van der Waals surface area contributed by atoms with Gasteiger partial charge in [-0.1, -0.05) is 0 Å². The first-order chi connectivity index (χ1) is 17.2. The normalized spacial score (nSPS) is 18.3. The molecule has 0 radical (unpaired) electrons. The summed E-state index contributed by atoms with van der Waals surface area (Å²) >= 11 is 0. The number of aromatic nitrogens is 3. The minimum atomic E-state index is -0.365. The maximum Gasteiger partial charge on any atom is 0.256 e. The molecule has 2 aliphatic heterocycles. The quantitative estimate of drug-likeness (QED) is 0.326. The van der Waals surface area contributed by atoms with Crippen LogP contribution in [0.1, 0.15) is 12.8 Å². The summed E-state index contributed by atoms with van der Waals surface area (Å²) in [4.78, 5) is 28.4. The van der Waals surface area contributed by atoms with Crippen molar-refractivity contribution in [1.29, 1.82) is 0 Å². The van der Waals surface area contributed by atoms with Gasteiger partial charge in [-0.25, -0.2) is 9.37 Å². The van der Waals surface area contributed by atoms with Gasteiger partial charge in [0.15, 0.2) is 0 Å². The zero-order valence-electron chi connectivity index (χ0n) is 19.7. The number of hydrogen-bond donors (Lipinski definition) is 2. The third kappa shape index (κ3) is 4.39. The standard InChI is InChI=1S/C26H30FN5O3/c27-18-1-2-19-21(15-18)22-20(3-6-28-25(22)33)24-23(19)29-26(30-24)32-7-4-17(5-8-32)16-35-14-11-31-9-12-34-13-10-31/h1-3,6,15,17H,4-5,7-14,16H2,(H,28,33)(H,29,30). The summed E-state index contributed by atoms with van der Waals surface area (Å²) in [6.07, 6.45) is 3.70. The van der Waals surface area contributed by atoms with Gasteiger partial charge in [-0.05, 0) is 43.0 Å². The number of fused-ring (bicyclic) bond motifs is 6. The molecule has 2 aromatic carbocycles. The van der Waals surface area contributed by atoms with Gasteiger partial charge >= 0.3 is 0 Å². The minimum Gasteiger partial charge on any atom is -0.380 e. The monoisotopic (exact) mass is 479 g/mol. The van der Waals surface area contributed by atoms with Crippen LogP contribution in [0.3, 0.4) is 0 Å². The van der Waals surface area contributed by atoms with Crippen LogP contribution in [0.25, 0.3) is 32.6 Å². The molecular formula is C26H30FN5O3. The molecule has 2 aromatic heterocycles. The van der Waals surface area contributed by atoms with Crippen LogP contribution in [0.5, 0.6) is 0 Å². The van der Waals surface area contributed by atoms with Crippen molar-refractivity contribution in [3.63, 3.8) is 0 Å². The van der Waals surface area contributed by atoms with Gasteiger partial charge in [-0.3, -0.25) is 9.69 Å². The van der Waals surface area contributed by atoms with E-state index in [0.717, 1.165) is 99.7 Å². The first kappa shape index (κ1) is 22.5. The van der Waals surface area contributed by atoms with E-state index < -0.39 is 0 Å². The zero-order chi connectivity index (χ0) is 23.8. The van der Waals surface area contributed by atoms with Crippen LogP contribution in [0.15, 0.2) is 35.3 Å². The summed E-state index contributed by atoms with van der Waals surface area (Å²) in [6.45, 7) is 7.94. The van der Waals surface area contributed by atoms with E-state index in [1.54, 1.807) is 12.3 Å². The third-order valence-corrected chi connectivity index (χ3v) is 7.35. The number of rotatable bonds is 6. The van der Waals surface area contributed by atoms with Crippen LogP contribution in [-0.4, -0.2) is 79.0 Å². The summed E-state index contributed by atoms with van der Waals surface area (Å²) in [5.74, 6) is 0.976. The molecule has 0 saturated carbocycles. The highest BCUT2D eigenvalue weighted by atomic mass is 19.1. The van der Waals surface area contributed by atoms with Crippen LogP contribution in [0.2, 0.25) is 0 Å². The predicted octanol–water partition coefficient (Wildman–Crippen LogP) is 3.26. The smallest absolute Gasteiger partial charge is 0.256 e. The van der Waals surface area contributed by atoms with Gasteiger partial charge in [0.05, 0.1) is 36.2 Å². The summed E-state index contributed by atoms with van der Waals surface area (Å²) in [7, 11) is 0. The number of morpholine rings is 1.